The highest BCUT2D eigenvalue weighted by Gasteiger charge is 2.15. The largest absolute Gasteiger partial charge is 0.120 e. The van der Waals surface area contributed by atoms with Crippen LogP contribution >= 0.6 is 11.6 Å². The van der Waals surface area contributed by atoms with Crippen LogP contribution in [0.25, 0.3) is 0 Å². The van der Waals surface area contributed by atoms with Crippen LogP contribution in [0.5, 0.6) is 0 Å². The van der Waals surface area contributed by atoms with E-state index in [4.69, 9.17) is 18.0 Å². The highest BCUT2D eigenvalue weighted by Crippen LogP contribution is 2.25. The summed E-state index contributed by atoms with van der Waals surface area (Å²) in [6.45, 7) is 4.08. The zero-order valence-electron chi connectivity index (χ0n) is 7.97. The van der Waals surface area contributed by atoms with Gasteiger partial charge in [-0.1, -0.05) is 29.8 Å². The molecule has 13 heavy (non-hydrogen) atoms. The molecular weight excluding hydrogens is 180 g/mol. The lowest BCUT2D eigenvalue weighted by molar-refractivity contribution is 0.502. The first kappa shape index (κ1) is 10.2. The smallest absolute Gasteiger partial charge is 0.0438 e. The summed E-state index contributed by atoms with van der Waals surface area (Å²) in [5, 5.41) is 0.797. The molecule has 1 heteroatoms. The molecule has 0 unspecified atom stereocenters. The molecule has 0 saturated carbocycles. The van der Waals surface area contributed by atoms with Gasteiger partial charge < -0.3 is 0 Å². The van der Waals surface area contributed by atoms with Gasteiger partial charge in [-0.3, -0.25) is 0 Å². The number of benzene rings is 1. The van der Waals surface area contributed by atoms with E-state index < -0.39 is 0 Å². The van der Waals surface area contributed by atoms with Crippen molar-refractivity contribution in [2.24, 2.45) is 5.41 Å². The molecule has 0 N–H and O–H groups in total. The highest BCUT2D eigenvalue weighted by atomic mass is 35.5. The molecule has 1 aromatic rings. The van der Waals surface area contributed by atoms with Crippen molar-refractivity contribution in [2.45, 2.75) is 20.3 Å². The molecule has 0 fully saturated rings. The van der Waals surface area contributed by atoms with Crippen LogP contribution in [0.1, 0.15) is 19.4 Å². The molecule has 0 aliphatic carbocycles. The molecule has 0 radical (unpaired) electrons. The summed E-state index contributed by atoms with van der Waals surface area (Å²) in [4.78, 5) is 0. The van der Waals surface area contributed by atoms with E-state index in [1.54, 1.807) is 0 Å². The van der Waals surface area contributed by atoms with Gasteiger partial charge in [0.25, 0.3) is 0 Å². The molecule has 0 bridgehead atoms. The van der Waals surface area contributed by atoms with Gasteiger partial charge in [0.1, 0.15) is 0 Å². The maximum Gasteiger partial charge on any atom is 0.0438 e. The third-order valence-electron chi connectivity index (χ3n) is 1.98. The van der Waals surface area contributed by atoms with Gasteiger partial charge in [-0.25, -0.2) is 0 Å². The molecule has 0 aliphatic heterocycles. The van der Waals surface area contributed by atoms with Crippen molar-refractivity contribution in [1.82, 2.24) is 0 Å². The predicted molar refractivity (Wildman–Crippen MR) is 57.8 cm³/mol. The molecule has 0 heterocycles. The maximum atomic E-state index is 6.02. The predicted octanol–water partition coefficient (Wildman–Crippen LogP) is 3.54. The first-order valence-electron chi connectivity index (χ1n) is 4.26. The van der Waals surface area contributed by atoms with Gasteiger partial charge in [-0.05, 0) is 31.9 Å². The van der Waals surface area contributed by atoms with Gasteiger partial charge in [0.05, 0.1) is 0 Å². The molecule has 0 nitrogen and oxygen atoms in total. The summed E-state index contributed by atoms with van der Waals surface area (Å²) >= 11 is 6.02. The lowest BCUT2D eigenvalue weighted by Crippen LogP contribution is -2.11. The Kier molecular flexibility index (Phi) is 3.01. The minimum absolute atomic E-state index is 0.120. The molecule has 0 amide bonds. The van der Waals surface area contributed by atoms with Crippen molar-refractivity contribution in [3.8, 4) is 12.3 Å². The fourth-order valence-electron chi connectivity index (χ4n) is 1.17. The normalized spacial score (nSPS) is 10.9. The second-order valence-electron chi connectivity index (χ2n) is 3.80. The quantitative estimate of drug-likeness (QED) is 0.629. The summed E-state index contributed by atoms with van der Waals surface area (Å²) in [6.07, 6.45) is 6.23. The molecule has 0 atom stereocenters. The monoisotopic (exact) mass is 192 g/mol. The van der Waals surface area contributed by atoms with Crippen LogP contribution in [-0.4, -0.2) is 0 Å². The van der Waals surface area contributed by atoms with Gasteiger partial charge in [-0.2, -0.15) is 0 Å². The van der Waals surface area contributed by atoms with E-state index in [1.807, 2.05) is 38.1 Å². The molecule has 0 spiro atoms. The molecule has 1 rings (SSSR count). The van der Waals surface area contributed by atoms with Gasteiger partial charge in [0.15, 0.2) is 0 Å². The van der Waals surface area contributed by atoms with Gasteiger partial charge in [0, 0.05) is 10.4 Å². The van der Waals surface area contributed by atoms with E-state index in [-0.39, 0.29) is 5.41 Å². The van der Waals surface area contributed by atoms with Crippen LogP contribution in [-0.2, 0) is 6.42 Å². The fraction of sp³-hybridized carbons (Fsp3) is 0.333. The Balaban J connectivity index is 2.88. The molecule has 68 valence electrons. The number of halogens is 1. The van der Waals surface area contributed by atoms with Crippen molar-refractivity contribution in [3.05, 3.63) is 34.9 Å². The summed E-state index contributed by atoms with van der Waals surface area (Å²) in [5.74, 6) is 2.76. The average Bonchev–Trinajstić information content (AvgIpc) is 2.09. The van der Waals surface area contributed by atoms with Crippen molar-refractivity contribution in [2.75, 3.05) is 0 Å². The first-order chi connectivity index (χ1) is 6.05. The van der Waals surface area contributed by atoms with Crippen LogP contribution in [0.3, 0.4) is 0 Å². The molecule has 0 aromatic heterocycles. The third-order valence-corrected chi connectivity index (χ3v) is 2.35. The van der Waals surface area contributed by atoms with Gasteiger partial charge in [-0.15, -0.1) is 12.3 Å². The van der Waals surface area contributed by atoms with Crippen LogP contribution in [0.15, 0.2) is 24.3 Å². The Morgan fingerprint density at radius 3 is 2.54 bits per heavy atom. The maximum absolute atomic E-state index is 6.02. The van der Waals surface area contributed by atoms with E-state index in [2.05, 4.69) is 5.92 Å². The van der Waals surface area contributed by atoms with Crippen LogP contribution in [0, 0.1) is 17.8 Å². The number of rotatable bonds is 2. The van der Waals surface area contributed by atoms with Crippen LogP contribution in [0.2, 0.25) is 5.02 Å². The summed E-state index contributed by atoms with van der Waals surface area (Å²) in [6, 6.07) is 7.81. The standard InChI is InChI=1S/C12H13Cl/c1-4-12(2,3)9-10-7-5-6-8-11(10)13/h1,5-8H,9H2,2-3H3. The summed E-state index contributed by atoms with van der Waals surface area (Å²) in [5.41, 5.74) is 0.998. The van der Waals surface area contributed by atoms with Crippen molar-refractivity contribution >= 4 is 11.6 Å². The molecule has 0 aliphatic rings. The Hall–Kier alpha value is -0.930. The lowest BCUT2D eigenvalue weighted by atomic mass is 9.87. The zero-order valence-corrected chi connectivity index (χ0v) is 8.73. The SMILES string of the molecule is C#CC(C)(C)Cc1ccccc1Cl. The first-order valence-corrected chi connectivity index (χ1v) is 4.64. The van der Waals surface area contributed by atoms with E-state index in [0.717, 1.165) is 17.0 Å². The Bertz CT molecular complexity index is 331. The minimum Gasteiger partial charge on any atom is -0.120 e. The van der Waals surface area contributed by atoms with Crippen molar-refractivity contribution in [1.29, 1.82) is 0 Å². The van der Waals surface area contributed by atoms with E-state index in [9.17, 15) is 0 Å². The third kappa shape index (κ3) is 2.79. The number of terminal acetylenes is 1. The Morgan fingerprint density at radius 2 is 2.00 bits per heavy atom. The highest BCUT2D eigenvalue weighted by molar-refractivity contribution is 6.31. The van der Waals surface area contributed by atoms with Gasteiger partial charge >= 0.3 is 0 Å². The second kappa shape index (κ2) is 3.85. The van der Waals surface area contributed by atoms with Crippen LogP contribution in [0.4, 0.5) is 0 Å². The fourth-order valence-corrected chi connectivity index (χ4v) is 1.37. The Labute approximate surface area is 84.9 Å². The summed E-state index contributed by atoms with van der Waals surface area (Å²) < 4.78 is 0. The number of hydrogen-bond acceptors (Lipinski definition) is 0. The Morgan fingerprint density at radius 1 is 1.38 bits per heavy atom. The number of hydrogen-bond donors (Lipinski definition) is 0. The lowest BCUT2D eigenvalue weighted by Gasteiger charge is -2.17. The summed E-state index contributed by atoms with van der Waals surface area (Å²) in [7, 11) is 0. The molecule has 0 saturated heterocycles. The molecule has 1 aromatic carbocycles. The van der Waals surface area contributed by atoms with Crippen LogP contribution < -0.4 is 0 Å². The van der Waals surface area contributed by atoms with Gasteiger partial charge in [0.2, 0.25) is 0 Å². The van der Waals surface area contributed by atoms with Crippen molar-refractivity contribution in [3.63, 3.8) is 0 Å². The second-order valence-corrected chi connectivity index (χ2v) is 4.20. The van der Waals surface area contributed by atoms with E-state index in [1.165, 1.54) is 0 Å². The van der Waals surface area contributed by atoms with E-state index >= 15 is 0 Å². The zero-order chi connectivity index (χ0) is 9.90. The van der Waals surface area contributed by atoms with E-state index in [0.29, 0.717) is 0 Å². The average molecular weight is 193 g/mol. The topological polar surface area (TPSA) is 0 Å². The van der Waals surface area contributed by atoms with Crippen molar-refractivity contribution < 1.29 is 0 Å². The molecular formula is C12H13Cl. The minimum atomic E-state index is -0.120.